The standard InChI is InChI=1S/C17H12F3N3O/c1-9(2)24-13-6-4-3-5-12(13)23-17-15(19)11(8-22)10(7-21)14(18)16(17)20/h3-6,9,23H,1-2H3. The van der Waals surface area contributed by atoms with Gasteiger partial charge in [-0.05, 0) is 26.0 Å². The van der Waals surface area contributed by atoms with E-state index in [-0.39, 0.29) is 11.8 Å². The molecule has 0 aromatic heterocycles. The van der Waals surface area contributed by atoms with Gasteiger partial charge in [0.2, 0.25) is 0 Å². The molecule has 24 heavy (non-hydrogen) atoms. The second-order valence-electron chi connectivity index (χ2n) is 5.08. The molecule has 7 heteroatoms. The molecule has 0 saturated heterocycles. The zero-order chi connectivity index (χ0) is 17.9. The molecular weight excluding hydrogens is 319 g/mol. The third-order valence-corrected chi connectivity index (χ3v) is 3.05. The lowest BCUT2D eigenvalue weighted by Gasteiger charge is -2.17. The molecule has 0 bridgehead atoms. The van der Waals surface area contributed by atoms with E-state index in [0.29, 0.717) is 5.75 Å². The van der Waals surface area contributed by atoms with Crippen molar-refractivity contribution in [1.82, 2.24) is 0 Å². The van der Waals surface area contributed by atoms with Crippen LogP contribution >= 0.6 is 0 Å². The molecule has 0 amide bonds. The molecule has 0 saturated carbocycles. The molecule has 0 aliphatic carbocycles. The molecule has 122 valence electrons. The minimum absolute atomic E-state index is 0.192. The fourth-order valence-electron chi connectivity index (χ4n) is 2.04. The van der Waals surface area contributed by atoms with Gasteiger partial charge in [-0.3, -0.25) is 0 Å². The van der Waals surface area contributed by atoms with E-state index in [1.165, 1.54) is 18.2 Å². The summed E-state index contributed by atoms with van der Waals surface area (Å²) in [6.45, 7) is 3.54. The van der Waals surface area contributed by atoms with E-state index in [2.05, 4.69) is 5.32 Å². The lowest BCUT2D eigenvalue weighted by Crippen LogP contribution is -2.10. The molecule has 2 aromatic carbocycles. The van der Waals surface area contributed by atoms with Crippen molar-refractivity contribution in [3.8, 4) is 17.9 Å². The van der Waals surface area contributed by atoms with Crippen molar-refractivity contribution in [1.29, 1.82) is 10.5 Å². The molecule has 2 rings (SSSR count). The van der Waals surface area contributed by atoms with E-state index in [9.17, 15) is 13.2 Å². The van der Waals surface area contributed by atoms with Gasteiger partial charge in [0.05, 0.1) is 11.8 Å². The summed E-state index contributed by atoms with van der Waals surface area (Å²) in [5.74, 6) is -4.20. The number of rotatable bonds is 4. The van der Waals surface area contributed by atoms with Gasteiger partial charge in [0.25, 0.3) is 0 Å². The highest BCUT2D eigenvalue weighted by molar-refractivity contribution is 5.70. The first-order valence-electron chi connectivity index (χ1n) is 6.94. The molecule has 0 heterocycles. The van der Waals surface area contributed by atoms with Crippen LogP contribution in [0.15, 0.2) is 24.3 Å². The van der Waals surface area contributed by atoms with Gasteiger partial charge in [0.15, 0.2) is 17.5 Å². The van der Waals surface area contributed by atoms with Gasteiger partial charge in [0.1, 0.15) is 34.7 Å². The van der Waals surface area contributed by atoms with Gasteiger partial charge in [-0.1, -0.05) is 12.1 Å². The number of ether oxygens (including phenoxy) is 1. The average Bonchev–Trinajstić information content (AvgIpc) is 2.55. The van der Waals surface area contributed by atoms with Gasteiger partial charge < -0.3 is 10.1 Å². The SMILES string of the molecule is CC(C)Oc1ccccc1Nc1c(F)c(F)c(C#N)c(C#N)c1F. The molecule has 0 unspecified atom stereocenters. The van der Waals surface area contributed by atoms with E-state index in [4.69, 9.17) is 15.3 Å². The molecule has 1 N–H and O–H groups in total. The third-order valence-electron chi connectivity index (χ3n) is 3.05. The monoisotopic (exact) mass is 331 g/mol. The maximum Gasteiger partial charge on any atom is 0.186 e. The number of hydrogen-bond donors (Lipinski definition) is 1. The van der Waals surface area contributed by atoms with Gasteiger partial charge in [0, 0.05) is 0 Å². The minimum atomic E-state index is -1.58. The van der Waals surface area contributed by atoms with Crippen LogP contribution in [0.1, 0.15) is 25.0 Å². The van der Waals surface area contributed by atoms with Gasteiger partial charge in [-0.2, -0.15) is 10.5 Å². The van der Waals surface area contributed by atoms with Crippen molar-refractivity contribution < 1.29 is 17.9 Å². The molecule has 4 nitrogen and oxygen atoms in total. The topological polar surface area (TPSA) is 68.8 Å². The molecule has 0 spiro atoms. The first kappa shape index (κ1) is 17.2. The highest BCUT2D eigenvalue weighted by Gasteiger charge is 2.25. The molecule has 0 aliphatic rings. The summed E-state index contributed by atoms with van der Waals surface area (Å²) in [7, 11) is 0. The maximum atomic E-state index is 14.4. The summed E-state index contributed by atoms with van der Waals surface area (Å²) in [5, 5.41) is 20.1. The summed E-state index contributed by atoms with van der Waals surface area (Å²) in [6.07, 6.45) is -0.199. The van der Waals surface area contributed by atoms with Crippen molar-refractivity contribution >= 4 is 11.4 Å². The Balaban J connectivity index is 2.59. The first-order chi connectivity index (χ1) is 11.4. The third kappa shape index (κ3) is 3.11. The van der Waals surface area contributed by atoms with Gasteiger partial charge in [-0.15, -0.1) is 0 Å². The Kier molecular flexibility index (Phi) is 4.96. The van der Waals surface area contributed by atoms with Gasteiger partial charge in [-0.25, -0.2) is 13.2 Å². The Morgan fingerprint density at radius 2 is 1.54 bits per heavy atom. The van der Waals surface area contributed by atoms with Crippen LogP contribution in [0.3, 0.4) is 0 Å². The Morgan fingerprint density at radius 3 is 2.12 bits per heavy atom. The van der Waals surface area contributed by atoms with Crippen LogP contribution in [0.25, 0.3) is 0 Å². The average molecular weight is 331 g/mol. The van der Waals surface area contributed by atoms with Crippen LogP contribution < -0.4 is 10.1 Å². The van der Waals surface area contributed by atoms with E-state index >= 15 is 0 Å². The Labute approximate surface area is 136 Å². The summed E-state index contributed by atoms with van der Waals surface area (Å²) in [5.41, 5.74) is -2.49. The molecule has 0 aliphatic heterocycles. The number of anilines is 2. The van der Waals surface area contributed by atoms with Crippen LogP contribution in [0.5, 0.6) is 5.75 Å². The summed E-state index contributed by atoms with van der Waals surface area (Å²) in [4.78, 5) is 0. The maximum absolute atomic E-state index is 14.4. The van der Waals surface area contributed by atoms with Crippen LogP contribution in [-0.4, -0.2) is 6.10 Å². The molecule has 2 aromatic rings. The van der Waals surface area contributed by atoms with Crippen molar-refractivity contribution in [2.75, 3.05) is 5.32 Å². The molecule has 0 atom stereocenters. The van der Waals surface area contributed by atoms with Crippen molar-refractivity contribution in [3.05, 3.63) is 52.8 Å². The molecule has 0 fully saturated rings. The van der Waals surface area contributed by atoms with E-state index < -0.39 is 34.3 Å². The summed E-state index contributed by atoms with van der Waals surface area (Å²) in [6, 6.07) is 8.99. The smallest absolute Gasteiger partial charge is 0.186 e. The van der Waals surface area contributed by atoms with E-state index in [1.54, 1.807) is 32.0 Å². The normalized spacial score (nSPS) is 10.2. The number of benzene rings is 2. The highest BCUT2D eigenvalue weighted by Crippen LogP contribution is 2.34. The summed E-state index contributed by atoms with van der Waals surface area (Å²) >= 11 is 0. The van der Waals surface area contributed by atoms with Crippen LogP contribution in [0.4, 0.5) is 24.5 Å². The van der Waals surface area contributed by atoms with Crippen LogP contribution in [0, 0.1) is 40.1 Å². The van der Waals surface area contributed by atoms with Gasteiger partial charge >= 0.3 is 0 Å². The van der Waals surface area contributed by atoms with Crippen molar-refractivity contribution in [2.24, 2.45) is 0 Å². The second-order valence-corrected chi connectivity index (χ2v) is 5.08. The Hall–Kier alpha value is -3.19. The molecule has 0 radical (unpaired) electrons. The zero-order valence-corrected chi connectivity index (χ0v) is 12.8. The quantitative estimate of drug-likeness (QED) is 0.844. The van der Waals surface area contributed by atoms with Crippen molar-refractivity contribution in [2.45, 2.75) is 20.0 Å². The Morgan fingerprint density at radius 1 is 0.958 bits per heavy atom. The minimum Gasteiger partial charge on any atom is -0.489 e. The number of nitrogens with one attached hydrogen (secondary N) is 1. The number of hydrogen-bond acceptors (Lipinski definition) is 4. The zero-order valence-electron chi connectivity index (χ0n) is 12.8. The predicted octanol–water partition coefficient (Wildman–Crippen LogP) is 4.38. The fourth-order valence-corrected chi connectivity index (χ4v) is 2.04. The van der Waals surface area contributed by atoms with Crippen LogP contribution in [-0.2, 0) is 0 Å². The van der Waals surface area contributed by atoms with E-state index in [0.717, 1.165) is 0 Å². The number of halogens is 3. The number of nitrogens with zero attached hydrogens (tertiary/aromatic N) is 2. The predicted molar refractivity (Wildman–Crippen MR) is 81.2 cm³/mol. The van der Waals surface area contributed by atoms with E-state index in [1.807, 2.05) is 0 Å². The van der Waals surface area contributed by atoms with Crippen molar-refractivity contribution in [3.63, 3.8) is 0 Å². The fraction of sp³-hybridized carbons (Fsp3) is 0.176. The second kappa shape index (κ2) is 6.93. The lowest BCUT2D eigenvalue weighted by atomic mass is 10.1. The number of para-hydroxylation sites is 2. The summed E-state index contributed by atoms with van der Waals surface area (Å²) < 4.78 is 47.9. The Bertz CT molecular complexity index is 867. The first-order valence-corrected chi connectivity index (χ1v) is 6.94. The number of nitriles is 2. The lowest BCUT2D eigenvalue weighted by molar-refractivity contribution is 0.244. The van der Waals surface area contributed by atoms with Crippen LogP contribution in [0.2, 0.25) is 0 Å². The highest BCUT2D eigenvalue weighted by atomic mass is 19.2. The largest absolute Gasteiger partial charge is 0.489 e. The molecular formula is C17H12F3N3O.